The fraction of sp³-hybridized carbons (Fsp3) is 0.565. The van der Waals surface area contributed by atoms with Crippen molar-refractivity contribution in [1.82, 2.24) is 9.29 Å². The number of hydrogen-bond acceptors (Lipinski definition) is 5. The van der Waals surface area contributed by atoms with E-state index in [1.807, 2.05) is 24.4 Å². The summed E-state index contributed by atoms with van der Waals surface area (Å²) < 4.78 is 28.2. The summed E-state index contributed by atoms with van der Waals surface area (Å²) in [6.07, 6.45) is 4.10. The lowest BCUT2D eigenvalue weighted by molar-refractivity contribution is -0.128. The Labute approximate surface area is 178 Å². The third-order valence-electron chi connectivity index (χ3n) is 8.14. The maximum absolute atomic E-state index is 13.3. The molecule has 3 fully saturated rings. The first-order chi connectivity index (χ1) is 14.2. The van der Waals surface area contributed by atoms with Crippen molar-refractivity contribution < 1.29 is 13.2 Å². The van der Waals surface area contributed by atoms with Gasteiger partial charge in [0.15, 0.2) is 0 Å². The molecule has 6 nitrogen and oxygen atoms in total. The van der Waals surface area contributed by atoms with Crippen molar-refractivity contribution in [3.63, 3.8) is 0 Å². The molecule has 0 N–H and O–H groups in total. The van der Waals surface area contributed by atoms with Gasteiger partial charge in [0, 0.05) is 49.6 Å². The van der Waals surface area contributed by atoms with E-state index in [1.165, 1.54) is 0 Å². The first-order valence-corrected chi connectivity index (χ1v) is 12.4. The number of benzene rings is 1. The number of hydrogen-bond donors (Lipinski definition) is 0. The van der Waals surface area contributed by atoms with Gasteiger partial charge in [0.25, 0.3) is 0 Å². The normalized spacial score (nSPS) is 29.1. The average molecular weight is 428 g/mol. The van der Waals surface area contributed by atoms with Crippen LogP contribution in [0, 0.1) is 16.7 Å². The minimum absolute atomic E-state index is 0.0312. The van der Waals surface area contributed by atoms with E-state index in [-0.39, 0.29) is 17.0 Å². The molecule has 2 heterocycles. The number of ketones is 1. The van der Waals surface area contributed by atoms with E-state index in [4.69, 9.17) is 0 Å². The molecule has 7 heteroatoms. The Morgan fingerprint density at radius 2 is 1.80 bits per heavy atom. The van der Waals surface area contributed by atoms with Crippen LogP contribution in [0.25, 0.3) is 10.8 Å². The first kappa shape index (κ1) is 19.9. The molecule has 1 aliphatic heterocycles. The lowest BCUT2D eigenvalue weighted by Gasteiger charge is -2.40. The van der Waals surface area contributed by atoms with Crippen LogP contribution in [0.2, 0.25) is 0 Å². The van der Waals surface area contributed by atoms with Crippen molar-refractivity contribution in [3.05, 3.63) is 36.5 Å². The minimum Gasteiger partial charge on any atom is -0.354 e. The zero-order valence-corrected chi connectivity index (χ0v) is 18.5. The third-order valence-corrected chi connectivity index (χ3v) is 10.2. The molecule has 2 atom stereocenters. The average Bonchev–Trinajstić information content (AvgIpc) is 3.07. The van der Waals surface area contributed by atoms with E-state index in [2.05, 4.69) is 35.9 Å². The number of anilines is 1. The molecule has 0 unspecified atom stereocenters. The van der Waals surface area contributed by atoms with Gasteiger partial charge in [0.2, 0.25) is 10.0 Å². The predicted octanol–water partition coefficient (Wildman–Crippen LogP) is 3.08. The Morgan fingerprint density at radius 1 is 1.10 bits per heavy atom. The maximum atomic E-state index is 13.3. The summed E-state index contributed by atoms with van der Waals surface area (Å²) in [5, 5.41) is 2.23. The number of carbonyl (C=O) groups is 1. The lowest BCUT2D eigenvalue weighted by Crippen LogP contribution is -2.53. The van der Waals surface area contributed by atoms with Gasteiger partial charge in [-0.1, -0.05) is 38.1 Å². The molecule has 1 aromatic carbocycles. The van der Waals surface area contributed by atoms with Crippen molar-refractivity contribution in [2.45, 2.75) is 33.1 Å². The van der Waals surface area contributed by atoms with Crippen LogP contribution >= 0.6 is 0 Å². The van der Waals surface area contributed by atoms with Crippen LogP contribution in [0.15, 0.2) is 36.5 Å². The fourth-order valence-corrected chi connectivity index (χ4v) is 8.15. The standard InChI is InChI=1S/C23H29N3O3S/c1-22(2)19-7-8-23(22,20(27)14-19)16-30(28,29)26-11-9-25(10-12-26)21-13-17-5-3-4-6-18(17)15-24-21/h3-6,13,15,19H,7-12,14,16H2,1-2H3/t19-,23-/m1/s1. The quantitative estimate of drug-likeness (QED) is 0.750. The van der Waals surface area contributed by atoms with E-state index in [0.29, 0.717) is 44.9 Å². The van der Waals surface area contributed by atoms with Crippen LogP contribution in [-0.4, -0.2) is 55.4 Å². The van der Waals surface area contributed by atoms with Gasteiger partial charge in [0.1, 0.15) is 11.6 Å². The highest BCUT2D eigenvalue weighted by atomic mass is 32.2. The van der Waals surface area contributed by atoms with Crippen LogP contribution in [-0.2, 0) is 14.8 Å². The van der Waals surface area contributed by atoms with E-state index < -0.39 is 15.4 Å². The van der Waals surface area contributed by atoms with Gasteiger partial charge < -0.3 is 4.90 Å². The number of Topliss-reactive ketones (excluding diaryl/α,β-unsaturated/α-hetero) is 1. The summed E-state index contributed by atoms with van der Waals surface area (Å²) in [7, 11) is -3.49. The summed E-state index contributed by atoms with van der Waals surface area (Å²) in [5.41, 5.74) is -0.929. The number of rotatable bonds is 4. The fourth-order valence-electron chi connectivity index (χ4n) is 5.95. The Hall–Kier alpha value is -1.99. The van der Waals surface area contributed by atoms with Gasteiger partial charge in [-0.2, -0.15) is 4.31 Å². The largest absolute Gasteiger partial charge is 0.354 e. The highest BCUT2D eigenvalue weighted by molar-refractivity contribution is 7.89. The van der Waals surface area contributed by atoms with Crippen LogP contribution in [0.4, 0.5) is 5.82 Å². The van der Waals surface area contributed by atoms with Gasteiger partial charge in [-0.25, -0.2) is 13.4 Å². The minimum atomic E-state index is -3.49. The molecule has 2 saturated carbocycles. The number of aromatic nitrogens is 1. The molecule has 0 radical (unpaired) electrons. The monoisotopic (exact) mass is 427 g/mol. The molecule has 2 aromatic rings. The zero-order valence-electron chi connectivity index (χ0n) is 17.7. The highest BCUT2D eigenvalue weighted by Crippen LogP contribution is 2.64. The smallest absolute Gasteiger partial charge is 0.215 e. The Kier molecular flexibility index (Phi) is 4.49. The predicted molar refractivity (Wildman–Crippen MR) is 118 cm³/mol. The van der Waals surface area contributed by atoms with Crippen LogP contribution in [0.3, 0.4) is 0 Å². The van der Waals surface area contributed by atoms with E-state index in [1.54, 1.807) is 4.31 Å². The van der Waals surface area contributed by atoms with Crippen LogP contribution in [0.5, 0.6) is 0 Å². The maximum Gasteiger partial charge on any atom is 0.215 e. The molecule has 3 aliphatic rings. The number of nitrogens with zero attached hydrogens (tertiary/aromatic N) is 3. The number of sulfonamides is 1. The molecule has 5 rings (SSSR count). The molecule has 2 bridgehead atoms. The van der Waals surface area contributed by atoms with Gasteiger partial charge in [-0.3, -0.25) is 4.79 Å². The molecule has 2 aliphatic carbocycles. The van der Waals surface area contributed by atoms with Crippen molar-refractivity contribution in [1.29, 1.82) is 0 Å². The molecule has 1 aromatic heterocycles. The number of piperazine rings is 1. The van der Waals surface area contributed by atoms with Gasteiger partial charge in [-0.05, 0) is 35.6 Å². The number of fused-ring (bicyclic) bond motifs is 3. The summed E-state index contributed by atoms with van der Waals surface area (Å²) in [6, 6.07) is 10.2. The van der Waals surface area contributed by atoms with Crippen molar-refractivity contribution in [3.8, 4) is 0 Å². The zero-order chi connectivity index (χ0) is 21.1. The Bertz CT molecular complexity index is 1110. The van der Waals surface area contributed by atoms with Crippen molar-refractivity contribution in [2.75, 3.05) is 36.8 Å². The molecule has 30 heavy (non-hydrogen) atoms. The molecule has 0 spiro atoms. The molecular weight excluding hydrogens is 398 g/mol. The van der Waals surface area contributed by atoms with Crippen LogP contribution in [0.1, 0.15) is 33.1 Å². The van der Waals surface area contributed by atoms with E-state index >= 15 is 0 Å². The summed E-state index contributed by atoms with van der Waals surface area (Å²) >= 11 is 0. The molecule has 0 amide bonds. The summed E-state index contributed by atoms with van der Waals surface area (Å²) in [5.74, 6) is 1.34. The number of carbonyl (C=O) groups excluding carboxylic acids is 1. The van der Waals surface area contributed by atoms with Gasteiger partial charge in [-0.15, -0.1) is 0 Å². The lowest BCUT2D eigenvalue weighted by atomic mass is 9.70. The van der Waals surface area contributed by atoms with E-state index in [0.717, 1.165) is 23.0 Å². The SMILES string of the molecule is CC1(C)[C@@H]2CC[C@@]1(CS(=O)(=O)N1CCN(c3cc4ccccc4cn3)CC1)C(=O)C2. The van der Waals surface area contributed by atoms with Crippen LogP contribution < -0.4 is 4.90 Å². The third kappa shape index (κ3) is 2.89. The Morgan fingerprint density at radius 3 is 2.43 bits per heavy atom. The van der Waals surface area contributed by atoms with E-state index in [9.17, 15) is 13.2 Å². The van der Waals surface area contributed by atoms with Crippen molar-refractivity contribution >= 4 is 32.4 Å². The van der Waals surface area contributed by atoms with Crippen molar-refractivity contribution in [2.24, 2.45) is 16.7 Å². The molecule has 160 valence electrons. The summed E-state index contributed by atoms with van der Waals surface area (Å²) in [6.45, 7) is 6.27. The molecule has 1 saturated heterocycles. The van der Waals surface area contributed by atoms with Gasteiger partial charge >= 0.3 is 0 Å². The first-order valence-electron chi connectivity index (χ1n) is 10.8. The van der Waals surface area contributed by atoms with Gasteiger partial charge in [0.05, 0.1) is 5.75 Å². The second kappa shape index (κ2) is 6.76. The topological polar surface area (TPSA) is 70.6 Å². The number of pyridine rings is 1. The second-order valence-electron chi connectivity index (χ2n) is 9.70. The summed E-state index contributed by atoms with van der Waals surface area (Å²) in [4.78, 5) is 19.5. The highest BCUT2D eigenvalue weighted by Gasteiger charge is 2.65. The molecular formula is C23H29N3O3S. The Balaban J connectivity index is 1.30. The second-order valence-corrected chi connectivity index (χ2v) is 11.7.